The molecule has 2 N–H and O–H groups in total. The average molecular weight is 319 g/mol. The van der Waals surface area contributed by atoms with Crippen LogP contribution in [0.25, 0.3) is 0 Å². The number of hydrogen-bond acceptors (Lipinski definition) is 2. The molecule has 2 heteroatoms. The molecule has 0 unspecified atom stereocenters. The lowest BCUT2D eigenvalue weighted by Crippen LogP contribution is -2.10. The second kappa shape index (κ2) is 7.15. The molecule has 0 saturated heterocycles. The third-order valence-electron chi connectivity index (χ3n) is 5.87. The molecule has 1 fully saturated rings. The largest absolute Gasteiger partial charge is 0.508 e. The Balaban J connectivity index is 1.98. The number of phenolic OH excluding ortho intramolecular Hbond substituents is 2. The van der Waals surface area contributed by atoms with Gasteiger partial charge >= 0.3 is 0 Å². The van der Waals surface area contributed by atoms with E-state index >= 15 is 0 Å². The van der Waals surface area contributed by atoms with Crippen LogP contribution in [0, 0.1) is 10.8 Å². The van der Waals surface area contributed by atoms with Gasteiger partial charge in [-0.05, 0) is 79.4 Å². The maximum absolute atomic E-state index is 10.3. The predicted octanol–water partition coefficient (Wildman–Crippen LogP) is 5.98. The van der Waals surface area contributed by atoms with Crippen molar-refractivity contribution in [2.24, 2.45) is 10.8 Å². The number of rotatable bonds is 9. The minimum absolute atomic E-state index is 0.185. The highest BCUT2D eigenvalue weighted by molar-refractivity contribution is 5.45. The summed E-state index contributed by atoms with van der Waals surface area (Å²) in [5.41, 5.74) is 3.13. The minimum atomic E-state index is 0.185. The molecule has 1 aromatic carbocycles. The number of phenols is 2. The zero-order valence-corrected chi connectivity index (χ0v) is 15.4. The van der Waals surface area contributed by atoms with E-state index in [0.29, 0.717) is 10.8 Å². The van der Waals surface area contributed by atoms with Crippen molar-refractivity contribution in [2.75, 3.05) is 0 Å². The molecule has 2 rings (SSSR count). The summed E-state index contributed by atoms with van der Waals surface area (Å²) >= 11 is 0. The smallest absolute Gasteiger partial charge is 0.122 e. The van der Waals surface area contributed by atoms with Crippen molar-refractivity contribution in [3.8, 4) is 11.5 Å². The van der Waals surface area contributed by atoms with Crippen molar-refractivity contribution in [3.05, 3.63) is 23.3 Å². The second-order valence-electron chi connectivity index (χ2n) is 8.64. The Morgan fingerprint density at radius 2 is 1.78 bits per heavy atom. The molecular weight excluding hydrogens is 284 g/mol. The van der Waals surface area contributed by atoms with Crippen LogP contribution in [0.3, 0.4) is 0 Å². The Hall–Kier alpha value is -1.18. The van der Waals surface area contributed by atoms with E-state index in [1.165, 1.54) is 38.2 Å². The Labute approximate surface area is 141 Å². The molecule has 0 aromatic heterocycles. The summed E-state index contributed by atoms with van der Waals surface area (Å²) in [6.07, 6.45) is 10.4. The first kappa shape index (κ1) is 18.2. The van der Waals surface area contributed by atoms with E-state index in [0.717, 1.165) is 36.8 Å². The van der Waals surface area contributed by atoms with E-state index in [1.807, 2.05) is 6.07 Å². The fourth-order valence-corrected chi connectivity index (χ4v) is 3.30. The van der Waals surface area contributed by atoms with Gasteiger partial charge in [0, 0.05) is 6.07 Å². The van der Waals surface area contributed by atoms with Gasteiger partial charge in [0.15, 0.2) is 0 Å². The Morgan fingerprint density at radius 1 is 1.09 bits per heavy atom. The molecule has 0 heterocycles. The van der Waals surface area contributed by atoms with Gasteiger partial charge in [0.2, 0.25) is 0 Å². The number of hydrogen-bond donors (Lipinski definition) is 2. The maximum atomic E-state index is 10.3. The second-order valence-corrected chi connectivity index (χ2v) is 8.64. The van der Waals surface area contributed by atoms with Crippen molar-refractivity contribution < 1.29 is 10.2 Å². The van der Waals surface area contributed by atoms with E-state index in [4.69, 9.17) is 0 Å². The number of benzene rings is 1. The van der Waals surface area contributed by atoms with Crippen molar-refractivity contribution in [1.82, 2.24) is 0 Å². The quantitative estimate of drug-likeness (QED) is 0.588. The van der Waals surface area contributed by atoms with Crippen LogP contribution in [-0.2, 0) is 12.8 Å². The molecule has 1 aliphatic rings. The molecule has 1 aliphatic carbocycles. The highest BCUT2D eigenvalue weighted by atomic mass is 16.3. The number of aryl methyl sites for hydroxylation is 1. The van der Waals surface area contributed by atoms with Gasteiger partial charge in [-0.3, -0.25) is 0 Å². The summed E-state index contributed by atoms with van der Waals surface area (Å²) in [4.78, 5) is 0. The molecule has 0 spiro atoms. The SMILES string of the molecule is CCC(C)(C)CCCc1cc(O)cc(O)c1CCCC1(C)CC1. The Kier molecular flexibility index (Phi) is 5.65. The van der Waals surface area contributed by atoms with Crippen molar-refractivity contribution in [2.45, 2.75) is 85.5 Å². The lowest BCUT2D eigenvalue weighted by Gasteiger charge is -2.22. The van der Waals surface area contributed by atoms with Crippen LogP contribution in [0.2, 0.25) is 0 Å². The van der Waals surface area contributed by atoms with E-state index in [1.54, 1.807) is 0 Å². The molecule has 0 bridgehead atoms. The molecule has 2 nitrogen and oxygen atoms in total. The monoisotopic (exact) mass is 318 g/mol. The fraction of sp³-hybridized carbons (Fsp3) is 0.714. The molecular formula is C21H34O2. The molecule has 0 radical (unpaired) electrons. The van der Waals surface area contributed by atoms with Crippen molar-refractivity contribution in [1.29, 1.82) is 0 Å². The summed E-state index contributed by atoms with van der Waals surface area (Å²) in [7, 11) is 0. The van der Waals surface area contributed by atoms with Gasteiger partial charge < -0.3 is 10.2 Å². The van der Waals surface area contributed by atoms with E-state index < -0.39 is 0 Å². The van der Waals surface area contributed by atoms with Gasteiger partial charge in [0.1, 0.15) is 11.5 Å². The van der Waals surface area contributed by atoms with Crippen molar-refractivity contribution >= 4 is 0 Å². The summed E-state index contributed by atoms with van der Waals surface area (Å²) in [5, 5.41) is 20.1. The molecule has 23 heavy (non-hydrogen) atoms. The van der Waals surface area contributed by atoms with E-state index in [-0.39, 0.29) is 11.5 Å². The molecule has 0 aliphatic heterocycles. The highest BCUT2D eigenvalue weighted by Gasteiger charge is 2.36. The summed E-state index contributed by atoms with van der Waals surface area (Å²) in [6.45, 7) is 9.22. The predicted molar refractivity (Wildman–Crippen MR) is 97.1 cm³/mol. The minimum Gasteiger partial charge on any atom is -0.508 e. The van der Waals surface area contributed by atoms with Gasteiger partial charge in [0.25, 0.3) is 0 Å². The van der Waals surface area contributed by atoms with E-state index in [2.05, 4.69) is 27.7 Å². The van der Waals surface area contributed by atoms with Crippen LogP contribution in [0.1, 0.15) is 83.8 Å². The Morgan fingerprint density at radius 3 is 2.39 bits per heavy atom. The third kappa shape index (κ3) is 5.44. The van der Waals surface area contributed by atoms with E-state index in [9.17, 15) is 10.2 Å². The lowest BCUT2D eigenvalue weighted by molar-refractivity contribution is 0.313. The first-order valence-electron chi connectivity index (χ1n) is 9.28. The van der Waals surface area contributed by atoms with Crippen LogP contribution in [0.5, 0.6) is 11.5 Å². The fourth-order valence-electron chi connectivity index (χ4n) is 3.30. The first-order valence-corrected chi connectivity index (χ1v) is 9.28. The van der Waals surface area contributed by atoms with Crippen LogP contribution < -0.4 is 0 Å². The zero-order chi connectivity index (χ0) is 17.1. The molecule has 130 valence electrons. The molecule has 0 amide bonds. The van der Waals surface area contributed by atoms with Crippen molar-refractivity contribution in [3.63, 3.8) is 0 Å². The Bertz CT molecular complexity index is 527. The number of aromatic hydroxyl groups is 2. The normalized spacial score (nSPS) is 16.5. The maximum Gasteiger partial charge on any atom is 0.122 e. The van der Waals surface area contributed by atoms with Gasteiger partial charge in [-0.15, -0.1) is 0 Å². The van der Waals surface area contributed by atoms with Crippen LogP contribution in [0.4, 0.5) is 0 Å². The highest BCUT2D eigenvalue weighted by Crippen LogP contribution is 2.49. The molecule has 1 saturated carbocycles. The lowest BCUT2D eigenvalue weighted by atomic mass is 9.83. The summed E-state index contributed by atoms with van der Waals surface area (Å²) in [6, 6.07) is 3.35. The van der Waals surface area contributed by atoms with Crippen LogP contribution in [-0.4, -0.2) is 10.2 Å². The van der Waals surface area contributed by atoms with Crippen LogP contribution in [0.15, 0.2) is 12.1 Å². The topological polar surface area (TPSA) is 40.5 Å². The van der Waals surface area contributed by atoms with Gasteiger partial charge in [-0.1, -0.05) is 34.1 Å². The summed E-state index contributed by atoms with van der Waals surface area (Å²) in [5.74, 6) is 0.459. The third-order valence-corrected chi connectivity index (χ3v) is 5.87. The average Bonchev–Trinajstić information content (AvgIpc) is 3.19. The van der Waals surface area contributed by atoms with Gasteiger partial charge in [-0.25, -0.2) is 0 Å². The standard InChI is InChI=1S/C21H34O2/c1-5-20(2,3)10-6-8-16-14-17(22)15-19(23)18(16)9-7-11-21(4)12-13-21/h14-15,22-23H,5-13H2,1-4H3. The van der Waals surface area contributed by atoms with Gasteiger partial charge in [0.05, 0.1) is 0 Å². The first-order chi connectivity index (χ1) is 10.7. The molecule has 0 atom stereocenters. The summed E-state index contributed by atoms with van der Waals surface area (Å²) < 4.78 is 0. The van der Waals surface area contributed by atoms with Crippen LogP contribution >= 0.6 is 0 Å². The van der Waals surface area contributed by atoms with Gasteiger partial charge in [-0.2, -0.15) is 0 Å². The molecule has 1 aromatic rings. The zero-order valence-electron chi connectivity index (χ0n) is 15.4.